The van der Waals surface area contributed by atoms with Crippen molar-refractivity contribution in [3.63, 3.8) is 0 Å². The van der Waals surface area contributed by atoms with E-state index in [0.29, 0.717) is 0 Å². The first-order valence-corrected chi connectivity index (χ1v) is 6.06. The second-order valence-corrected chi connectivity index (χ2v) is 6.19. The van der Waals surface area contributed by atoms with Gasteiger partial charge < -0.3 is 0 Å². The molecule has 0 aromatic rings. The van der Waals surface area contributed by atoms with Crippen molar-refractivity contribution >= 4 is 0 Å². The minimum absolute atomic E-state index is 0.837. The zero-order valence-electron chi connectivity index (χ0n) is 8.22. The van der Waals surface area contributed by atoms with Gasteiger partial charge in [-0.25, -0.2) is 0 Å². The predicted molar refractivity (Wildman–Crippen MR) is 51.1 cm³/mol. The molecule has 0 radical (unpaired) electrons. The van der Waals surface area contributed by atoms with Crippen LogP contribution in [0, 0.1) is 35.0 Å². The molecule has 6 atom stereocenters. The quantitative estimate of drug-likeness (QED) is 0.493. The van der Waals surface area contributed by atoms with E-state index in [2.05, 4.69) is 6.92 Å². The van der Waals surface area contributed by atoms with Crippen molar-refractivity contribution in [1.82, 2.24) is 0 Å². The lowest BCUT2D eigenvalue weighted by atomic mass is 9.77. The van der Waals surface area contributed by atoms with Gasteiger partial charge in [-0.15, -0.1) is 0 Å². The van der Waals surface area contributed by atoms with Crippen molar-refractivity contribution < 1.29 is 0 Å². The van der Waals surface area contributed by atoms with E-state index in [1.54, 1.807) is 12.8 Å². The lowest BCUT2D eigenvalue weighted by Gasteiger charge is -2.27. The third kappa shape index (κ3) is 0.372. The molecule has 5 saturated carbocycles. The van der Waals surface area contributed by atoms with Gasteiger partial charge >= 0.3 is 0 Å². The van der Waals surface area contributed by atoms with Crippen LogP contribution in [0.1, 0.15) is 32.6 Å². The molecule has 0 aliphatic heterocycles. The molecule has 5 fully saturated rings. The van der Waals surface area contributed by atoms with Crippen molar-refractivity contribution in [1.29, 1.82) is 0 Å². The first-order valence-electron chi connectivity index (χ1n) is 6.06. The second-order valence-electron chi connectivity index (χ2n) is 6.19. The Balaban J connectivity index is 1.89. The summed E-state index contributed by atoms with van der Waals surface area (Å²) in [6, 6.07) is 0. The molecule has 0 N–H and O–H groups in total. The number of rotatable bonds is 0. The lowest BCUT2D eigenvalue weighted by molar-refractivity contribution is 0.276. The van der Waals surface area contributed by atoms with Crippen LogP contribution in [-0.2, 0) is 0 Å². The second kappa shape index (κ2) is 1.43. The zero-order valence-corrected chi connectivity index (χ0v) is 8.22. The smallest absolute Gasteiger partial charge is 0.00172 e. The first-order chi connectivity index (χ1) is 6.36. The van der Waals surface area contributed by atoms with Gasteiger partial charge in [0, 0.05) is 0 Å². The molecule has 6 unspecified atom stereocenters. The van der Waals surface area contributed by atoms with Crippen LogP contribution >= 0.6 is 0 Å². The molecule has 13 heavy (non-hydrogen) atoms. The molecule has 0 aromatic carbocycles. The van der Waals surface area contributed by atoms with Gasteiger partial charge in [-0.1, -0.05) is 11.1 Å². The number of allylic oxidation sites excluding steroid dienone is 2. The monoisotopic (exact) mass is 172 g/mol. The summed E-state index contributed by atoms with van der Waals surface area (Å²) >= 11 is 0. The Morgan fingerprint density at radius 2 is 2.31 bits per heavy atom. The Morgan fingerprint density at radius 3 is 3.15 bits per heavy atom. The Labute approximate surface area is 79.4 Å². The average molecular weight is 172 g/mol. The summed E-state index contributed by atoms with van der Waals surface area (Å²) in [5, 5.41) is 0. The van der Waals surface area contributed by atoms with Gasteiger partial charge in [0.25, 0.3) is 0 Å². The molecule has 6 bridgehead atoms. The maximum atomic E-state index is 2.47. The Bertz CT molecular complexity index is 364. The van der Waals surface area contributed by atoms with Gasteiger partial charge in [0.2, 0.25) is 0 Å². The van der Waals surface area contributed by atoms with Crippen molar-refractivity contribution in [2.45, 2.75) is 32.6 Å². The molecule has 6 aliphatic rings. The minimum Gasteiger partial charge on any atom is -0.0698 e. The Morgan fingerprint density at radius 1 is 1.38 bits per heavy atom. The van der Waals surface area contributed by atoms with Gasteiger partial charge in [-0.05, 0) is 67.6 Å². The normalized spacial score (nSPS) is 69.5. The Hall–Kier alpha value is -0.260. The van der Waals surface area contributed by atoms with Gasteiger partial charge in [-0.2, -0.15) is 0 Å². The van der Waals surface area contributed by atoms with E-state index >= 15 is 0 Å². The van der Waals surface area contributed by atoms with Crippen LogP contribution in [0.2, 0.25) is 0 Å². The van der Waals surface area contributed by atoms with Crippen LogP contribution in [0.4, 0.5) is 0 Å². The minimum atomic E-state index is 0.837. The molecule has 0 saturated heterocycles. The third-order valence-electron chi connectivity index (χ3n) is 6.42. The highest BCUT2D eigenvalue weighted by Crippen LogP contribution is 2.89. The van der Waals surface area contributed by atoms with E-state index < -0.39 is 0 Å². The molecule has 0 heterocycles. The summed E-state index contributed by atoms with van der Waals surface area (Å²) in [5.74, 6) is 5.88. The van der Waals surface area contributed by atoms with Gasteiger partial charge in [0.1, 0.15) is 0 Å². The maximum Gasteiger partial charge on any atom is -0.00172 e. The van der Waals surface area contributed by atoms with Gasteiger partial charge in [0.05, 0.1) is 0 Å². The molecule has 6 rings (SSSR count). The van der Waals surface area contributed by atoms with Crippen molar-refractivity contribution in [3.8, 4) is 0 Å². The first kappa shape index (κ1) is 6.27. The summed E-state index contributed by atoms with van der Waals surface area (Å²) < 4.78 is 0. The van der Waals surface area contributed by atoms with E-state index in [9.17, 15) is 0 Å². The van der Waals surface area contributed by atoms with Crippen LogP contribution < -0.4 is 0 Å². The number of hydrogen-bond acceptors (Lipinski definition) is 0. The van der Waals surface area contributed by atoms with E-state index in [0.717, 1.165) is 17.3 Å². The topological polar surface area (TPSA) is 0 Å². The fourth-order valence-corrected chi connectivity index (χ4v) is 6.48. The molecular formula is C13H16. The molecule has 0 aromatic heterocycles. The summed E-state index contributed by atoms with van der Waals surface area (Å²) in [6.07, 6.45) is 6.21. The summed E-state index contributed by atoms with van der Waals surface area (Å²) in [7, 11) is 0. The van der Waals surface area contributed by atoms with Crippen LogP contribution in [0.25, 0.3) is 0 Å². The molecule has 0 amide bonds. The van der Waals surface area contributed by atoms with E-state index in [-0.39, 0.29) is 0 Å². The maximum absolute atomic E-state index is 2.47. The standard InChI is InChI=1S/C13H16/c1-6-8-3-2-4-13(8)9-5-7-11(10(6)9)12(7)13/h7,9-12H,2-5H2,1H3. The van der Waals surface area contributed by atoms with Crippen LogP contribution in [0.3, 0.4) is 0 Å². The van der Waals surface area contributed by atoms with Crippen molar-refractivity contribution in [3.05, 3.63) is 11.1 Å². The van der Waals surface area contributed by atoms with E-state index in [1.165, 1.54) is 30.6 Å². The molecular weight excluding hydrogens is 156 g/mol. The van der Waals surface area contributed by atoms with Crippen molar-refractivity contribution in [2.75, 3.05) is 0 Å². The zero-order chi connectivity index (χ0) is 8.37. The summed E-state index contributed by atoms with van der Waals surface area (Å²) in [5.41, 5.74) is 4.69. The molecule has 0 nitrogen and oxygen atoms in total. The van der Waals surface area contributed by atoms with Crippen LogP contribution in [-0.4, -0.2) is 0 Å². The van der Waals surface area contributed by atoms with E-state index in [4.69, 9.17) is 0 Å². The fourth-order valence-electron chi connectivity index (χ4n) is 6.48. The summed E-state index contributed by atoms with van der Waals surface area (Å²) in [4.78, 5) is 0. The fraction of sp³-hybridized carbons (Fsp3) is 0.846. The number of hydrogen-bond donors (Lipinski definition) is 0. The van der Waals surface area contributed by atoms with Gasteiger partial charge in [-0.3, -0.25) is 0 Å². The predicted octanol–water partition coefficient (Wildman–Crippen LogP) is 3.00. The SMILES string of the molecule is CC1=C2CCCC23C2CC4C(C12)C43. The Kier molecular flexibility index (Phi) is 0.691. The van der Waals surface area contributed by atoms with Gasteiger partial charge in [0.15, 0.2) is 0 Å². The van der Waals surface area contributed by atoms with Crippen LogP contribution in [0.15, 0.2) is 11.1 Å². The lowest BCUT2D eigenvalue weighted by Crippen LogP contribution is -2.20. The highest BCUT2D eigenvalue weighted by molar-refractivity contribution is 5.49. The van der Waals surface area contributed by atoms with E-state index in [1.807, 2.05) is 11.1 Å². The average Bonchev–Trinajstić information content (AvgIpc) is 2.62. The summed E-state index contributed by atoms with van der Waals surface area (Å²) in [6.45, 7) is 2.47. The largest absolute Gasteiger partial charge is 0.0698 e. The van der Waals surface area contributed by atoms with Crippen molar-refractivity contribution in [2.24, 2.45) is 35.0 Å². The third-order valence-corrected chi connectivity index (χ3v) is 6.42. The molecule has 0 heteroatoms. The highest BCUT2D eigenvalue weighted by Gasteiger charge is 2.83. The van der Waals surface area contributed by atoms with Crippen LogP contribution in [0.5, 0.6) is 0 Å². The molecule has 1 spiro atoms. The molecule has 68 valence electrons. The highest BCUT2D eigenvalue weighted by atomic mass is 14.9. The molecule has 6 aliphatic carbocycles.